The molecule has 0 aliphatic heterocycles. The zero-order valence-electron chi connectivity index (χ0n) is 10.8. The van der Waals surface area contributed by atoms with Gasteiger partial charge in [-0.25, -0.2) is 9.78 Å². The Balaban J connectivity index is 2.01. The van der Waals surface area contributed by atoms with Crippen LogP contribution in [0.1, 0.15) is 15.9 Å². The Morgan fingerprint density at radius 2 is 2.15 bits per heavy atom. The van der Waals surface area contributed by atoms with Crippen LogP contribution in [0, 0.1) is 6.92 Å². The van der Waals surface area contributed by atoms with Crippen LogP contribution >= 0.6 is 0 Å². The number of ether oxygens (including phenoxy) is 1. The Morgan fingerprint density at radius 3 is 2.95 bits per heavy atom. The van der Waals surface area contributed by atoms with E-state index in [4.69, 9.17) is 4.74 Å². The van der Waals surface area contributed by atoms with E-state index in [2.05, 4.69) is 9.97 Å². The second-order valence-corrected chi connectivity index (χ2v) is 4.49. The maximum absolute atomic E-state index is 11.2. The molecule has 0 spiro atoms. The molecule has 5 heteroatoms. The van der Waals surface area contributed by atoms with E-state index in [1.165, 1.54) is 6.07 Å². The average molecular weight is 268 g/mol. The van der Waals surface area contributed by atoms with Crippen LogP contribution in [0.4, 0.5) is 0 Å². The number of aromatic nitrogens is 2. The fraction of sp³-hybridized carbons (Fsp3) is 0.0667. The van der Waals surface area contributed by atoms with E-state index < -0.39 is 5.97 Å². The molecule has 1 aromatic carbocycles. The summed E-state index contributed by atoms with van der Waals surface area (Å²) in [6.45, 7) is 1.88. The summed E-state index contributed by atoms with van der Waals surface area (Å²) in [5.41, 5.74) is 1.82. The predicted molar refractivity (Wildman–Crippen MR) is 74.3 cm³/mol. The predicted octanol–water partition coefficient (Wildman–Crippen LogP) is 3.36. The summed E-state index contributed by atoms with van der Waals surface area (Å²) in [4.78, 5) is 18.4. The van der Waals surface area contributed by atoms with Gasteiger partial charge in [0.15, 0.2) is 0 Å². The fourth-order valence-corrected chi connectivity index (χ4v) is 1.99. The monoisotopic (exact) mass is 268 g/mol. The highest BCUT2D eigenvalue weighted by Gasteiger charge is 2.12. The summed E-state index contributed by atoms with van der Waals surface area (Å²) in [7, 11) is 0. The van der Waals surface area contributed by atoms with Gasteiger partial charge in [-0.15, -0.1) is 0 Å². The van der Waals surface area contributed by atoms with Gasteiger partial charge in [-0.1, -0.05) is 6.07 Å². The smallest absolute Gasteiger partial charge is 0.339 e. The molecule has 0 saturated carbocycles. The van der Waals surface area contributed by atoms with Gasteiger partial charge < -0.3 is 14.8 Å². The van der Waals surface area contributed by atoms with Crippen molar-refractivity contribution in [3.8, 4) is 11.5 Å². The van der Waals surface area contributed by atoms with E-state index in [9.17, 15) is 9.90 Å². The van der Waals surface area contributed by atoms with Crippen molar-refractivity contribution in [3.63, 3.8) is 0 Å². The minimum absolute atomic E-state index is 0.129. The lowest BCUT2D eigenvalue weighted by molar-refractivity contribution is 0.0694. The van der Waals surface area contributed by atoms with Crippen molar-refractivity contribution < 1.29 is 14.6 Å². The van der Waals surface area contributed by atoms with Crippen molar-refractivity contribution in [2.45, 2.75) is 6.92 Å². The molecule has 100 valence electrons. The van der Waals surface area contributed by atoms with E-state index in [-0.39, 0.29) is 5.56 Å². The van der Waals surface area contributed by atoms with Gasteiger partial charge >= 0.3 is 5.97 Å². The fourth-order valence-electron chi connectivity index (χ4n) is 1.99. The molecule has 3 rings (SSSR count). The number of nitrogens with zero attached hydrogens (tertiary/aromatic N) is 1. The Labute approximate surface area is 114 Å². The van der Waals surface area contributed by atoms with Crippen LogP contribution in [0.15, 0.2) is 42.7 Å². The van der Waals surface area contributed by atoms with Gasteiger partial charge in [-0.3, -0.25) is 0 Å². The number of carboxylic acids is 1. The molecule has 0 unspecified atom stereocenters. The number of benzene rings is 1. The summed E-state index contributed by atoms with van der Waals surface area (Å²) in [5, 5.41) is 10.1. The number of fused-ring (bicyclic) bond motifs is 1. The number of carboxylic acid groups (broad SMARTS) is 1. The molecular weight excluding hydrogens is 256 g/mol. The van der Waals surface area contributed by atoms with Crippen LogP contribution in [-0.4, -0.2) is 21.0 Å². The molecule has 0 aliphatic rings. The first-order chi connectivity index (χ1) is 9.63. The van der Waals surface area contributed by atoms with Crippen molar-refractivity contribution in [3.05, 3.63) is 53.9 Å². The molecule has 2 heterocycles. The van der Waals surface area contributed by atoms with Crippen LogP contribution in [-0.2, 0) is 0 Å². The first kappa shape index (κ1) is 12.2. The van der Waals surface area contributed by atoms with Gasteiger partial charge in [0.2, 0.25) is 0 Å². The van der Waals surface area contributed by atoms with E-state index >= 15 is 0 Å². The number of aromatic carboxylic acids is 1. The van der Waals surface area contributed by atoms with Crippen molar-refractivity contribution in [1.82, 2.24) is 9.97 Å². The minimum atomic E-state index is -1.02. The van der Waals surface area contributed by atoms with Crippen LogP contribution < -0.4 is 4.74 Å². The van der Waals surface area contributed by atoms with Crippen LogP contribution in [0.5, 0.6) is 11.5 Å². The van der Waals surface area contributed by atoms with E-state index in [1.54, 1.807) is 24.5 Å². The van der Waals surface area contributed by atoms with E-state index in [1.807, 2.05) is 19.1 Å². The number of aromatic amines is 1. The standard InChI is InChI=1S/C15H12N2O3/c1-9-2-3-12(15(18)19)13(6-9)20-11-7-10-4-5-16-14(10)17-8-11/h2-8H,1H3,(H,16,17)(H,18,19). The lowest BCUT2D eigenvalue weighted by Crippen LogP contribution is -2.00. The zero-order valence-corrected chi connectivity index (χ0v) is 10.8. The van der Waals surface area contributed by atoms with E-state index in [0.29, 0.717) is 11.5 Å². The average Bonchev–Trinajstić information content (AvgIpc) is 2.85. The molecule has 0 amide bonds. The molecule has 0 radical (unpaired) electrons. The molecule has 5 nitrogen and oxygen atoms in total. The highest BCUT2D eigenvalue weighted by molar-refractivity contribution is 5.91. The van der Waals surface area contributed by atoms with Crippen molar-refractivity contribution in [2.24, 2.45) is 0 Å². The van der Waals surface area contributed by atoms with Crippen molar-refractivity contribution in [2.75, 3.05) is 0 Å². The molecule has 2 aromatic heterocycles. The maximum Gasteiger partial charge on any atom is 0.339 e. The summed E-state index contributed by atoms with van der Waals surface area (Å²) in [6, 6.07) is 8.67. The number of carbonyl (C=O) groups is 1. The highest BCUT2D eigenvalue weighted by atomic mass is 16.5. The third kappa shape index (κ3) is 2.21. The first-order valence-electron chi connectivity index (χ1n) is 6.08. The second kappa shape index (κ2) is 4.70. The van der Waals surface area contributed by atoms with Crippen molar-refractivity contribution >= 4 is 17.0 Å². The van der Waals surface area contributed by atoms with Gasteiger partial charge in [-0.05, 0) is 36.8 Å². The summed E-state index contributed by atoms with van der Waals surface area (Å²) in [5.74, 6) is -0.199. The highest BCUT2D eigenvalue weighted by Crippen LogP contribution is 2.27. The number of H-pyrrole nitrogens is 1. The van der Waals surface area contributed by atoms with Crippen LogP contribution in [0.25, 0.3) is 11.0 Å². The SMILES string of the molecule is Cc1ccc(C(=O)O)c(Oc2cnc3[nH]ccc3c2)c1. The molecule has 3 aromatic rings. The number of aryl methyl sites for hydroxylation is 1. The third-order valence-corrected chi connectivity index (χ3v) is 2.97. The normalized spacial score (nSPS) is 10.7. The number of nitrogens with one attached hydrogen (secondary N) is 1. The maximum atomic E-state index is 11.2. The molecule has 20 heavy (non-hydrogen) atoms. The second-order valence-electron chi connectivity index (χ2n) is 4.49. The third-order valence-electron chi connectivity index (χ3n) is 2.97. The molecule has 0 saturated heterocycles. The van der Waals surface area contributed by atoms with Crippen LogP contribution in [0.2, 0.25) is 0 Å². The summed E-state index contributed by atoms with van der Waals surface area (Å²) >= 11 is 0. The van der Waals surface area contributed by atoms with Gasteiger partial charge in [0.1, 0.15) is 22.7 Å². The quantitative estimate of drug-likeness (QED) is 0.763. The Morgan fingerprint density at radius 1 is 1.30 bits per heavy atom. The number of hydrogen-bond acceptors (Lipinski definition) is 3. The number of rotatable bonds is 3. The lowest BCUT2D eigenvalue weighted by atomic mass is 10.1. The van der Waals surface area contributed by atoms with Crippen molar-refractivity contribution in [1.29, 1.82) is 0 Å². The number of pyridine rings is 1. The first-order valence-corrected chi connectivity index (χ1v) is 6.08. The topological polar surface area (TPSA) is 75.2 Å². The van der Waals surface area contributed by atoms with Crippen LogP contribution in [0.3, 0.4) is 0 Å². The Hall–Kier alpha value is -2.82. The largest absolute Gasteiger partial charge is 0.478 e. The molecule has 0 atom stereocenters. The van der Waals surface area contributed by atoms with Gasteiger partial charge in [0.25, 0.3) is 0 Å². The van der Waals surface area contributed by atoms with Gasteiger partial charge in [0, 0.05) is 11.6 Å². The number of hydrogen-bond donors (Lipinski definition) is 2. The molecular formula is C15H12N2O3. The molecule has 0 bridgehead atoms. The summed E-state index contributed by atoms with van der Waals surface area (Å²) in [6.07, 6.45) is 3.35. The van der Waals surface area contributed by atoms with E-state index in [0.717, 1.165) is 16.6 Å². The summed E-state index contributed by atoms with van der Waals surface area (Å²) < 4.78 is 5.67. The zero-order chi connectivity index (χ0) is 14.1. The Bertz CT molecular complexity index is 793. The molecule has 0 aliphatic carbocycles. The molecule has 0 fully saturated rings. The lowest BCUT2D eigenvalue weighted by Gasteiger charge is -2.09. The Kier molecular flexibility index (Phi) is 2.87. The van der Waals surface area contributed by atoms with Gasteiger partial charge in [-0.2, -0.15) is 0 Å². The minimum Gasteiger partial charge on any atom is -0.478 e. The van der Waals surface area contributed by atoms with Gasteiger partial charge in [0.05, 0.1) is 6.20 Å². The molecule has 2 N–H and O–H groups in total.